The van der Waals surface area contributed by atoms with Gasteiger partial charge in [-0.25, -0.2) is 8.42 Å². The summed E-state index contributed by atoms with van der Waals surface area (Å²) >= 11 is 0. The Morgan fingerprint density at radius 2 is 1.84 bits per heavy atom. The van der Waals surface area contributed by atoms with E-state index < -0.39 is 14.9 Å². The third kappa shape index (κ3) is 5.20. The number of non-ortho nitro benzene ring substituents is 1. The molecule has 0 bridgehead atoms. The zero-order valence-corrected chi connectivity index (χ0v) is 18.2. The maximum atomic E-state index is 12.9. The van der Waals surface area contributed by atoms with E-state index in [1.807, 2.05) is 6.92 Å². The fraction of sp³-hybridized carbons (Fsp3) is 0.381. The molecule has 1 fully saturated rings. The van der Waals surface area contributed by atoms with Gasteiger partial charge in [-0.3, -0.25) is 14.9 Å². The van der Waals surface area contributed by atoms with Crippen molar-refractivity contribution in [2.24, 2.45) is 5.92 Å². The quantitative estimate of drug-likeness (QED) is 0.514. The number of aryl methyl sites for hydroxylation is 1. The minimum atomic E-state index is -3.65. The van der Waals surface area contributed by atoms with E-state index in [-0.39, 0.29) is 35.5 Å². The van der Waals surface area contributed by atoms with E-state index in [9.17, 15) is 23.3 Å². The zero-order valence-electron chi connectivity index (χ0n) is 17.4. The van der Waals surface area contributed by atoms with Gasteiger partial charge in [0.05, 0.1) is 22.1 Å². The number of ether oxygens (including phenoxy) is 1. The lowest BCUT2D eigenvalue weighted by Crippen LogP contribution is -2.41. The van der Waals surface area contributed by atoms with Crippen LogP contribution in [0.1, 0.15) is 25.3 Å². The van der Waals surface area contributed by atoms with Crippen LogP contribution in [0, 0.1) is 23.0 Å². The van der Waals surface area contributed by atoms with Crippen LogP contribution in [-0.4, -0.2) is 43.2 Å². The third-order valence-corrected chi connectivity index (χ3v) is 7.20. The van der Waals surface area contributed by atoms with Crippen molar-refractivity contribution in [1.82, 2.24) is 4.31 Å². The number of carbonyl (C=O) groups is 1. The van der Waals surface area contributed by atoms with Crippen molar-refractivity contribution in [2.45, 2.75) is 31.6 Å². The second kappa shape index (κ2) is 9.44. The van der Waals surface area contributed by atoms with E-state index >= 15 is 0 Å². The SMILES string of the molecule is CCOc1ccc(S(=O)(=O)N2CCC(C(=O)Nc3cc([N+](=O)[O-])ccc3C)CC2)cc1. The summed E-state index contributed by atoms with van der Waals surface area (Å²) in [6.07, 6.45) is 0.742. The molecule has 1 heterocycles. The number of sulfonamides is 1. The molecule has 1 saturated heterocycles. The normalized spacial score (nSPS) is 15.4. The first-order valence-electron chi connectivity index (χ1n) is 10.0. The molecule has 0 aliphatic carbocycles. The van der Waals surface area contributed by atoms with Crippen LogP contribution in [0.2, 0.25) is 0 Å². The number of anilines is 1. The van der Waals surface area contributed by atoms with Gasteiger partial charge >= 0.3 is 0 Å². The monoisotopic (exact) mass is 447 g/mol. The highest BCUT2D eigenvalue weighted by atomic mass is 32.2. The number of nitro benzene ring substituents is 1. The van der Waals surface area contributed by atoms with Crippen LogP contribution in [0.25, 0.3) is 0 Å². The molecule has 0 aromatic heterocycles. The minimum absolute atomic E-state index is 0.0998. The van der Waals surface area contributed by atoms with Gasteiger partial charge in [0.1, 0.15) is 5.75 Å². The molecule has 1 amide bonds. The summed E-state index contributed by atoms with van der Waals surface area (Å²) in [6, 6.07) is 10.6. The van der Waals surface area contributed by atoms with E-state index in [0.29, 0.717) is 30.9 Å². The number of nitrogens with zero attached hydrogens (tertiary/aromatic N) is 2. The predicted octanol–water partition coefficient (Wildman–Crippen LogP) is 3.34. The van der Waals surface area contributed by atoms with Gasteiger partial charge in [0.2, 0.25) is 15.9 Å². The first-order valence-corrected chi connectivity index (χ1v) is 11.4. The van der Waals surface area contributed by atoms with Gasteiger partial charge in [-0.15, -0.1) is 0 Å². The molecule has 0 unspecified atom stereocenters. The van der Waals surface area contributed by atoms with Crippen LogP contribution in [0.5, 0.6) is 5.75 Å². The number of hydrogen-bond acceptors (Lipinski definition) is 6. The zero-order chi connectivity index (χ0) is 22.6. The maximum Gasteiger partial charge on any atom is 0.271 e. The minimum Gasteiger partial charge on any atom is -0.494 e. The molecule has 0 spiro atoms. The summed E-state index contributed by atoms with van der Waals surface area (Å²) in [7, 11) is -3.65. The molecule has 1 N–H and O–H groups in total. The van der Waals surface area contributed by atoms with Crippen molar-refractivity contribution in [1.29, 1.82) is 0 Å². The summed E-state index contributed by atoms with van der Waals surface area (Å²) in [5, 5.41) is 13.7. The lowest BCUT2D eigenvalue weighted by atomic mass is 9.97. The van der Waals surface area contributed by atoms with Gasteiger partial charge in [-0.1, -0.05) is 6.07 Å². The van der Waals surface area contributed by atoms with E-state index in [2.05, 4.69) is 5.32 Å². The molecular formula is C21H25N3O6S. The Labute approximate surface area is 181 Å². The van der Waals surface area contributed by atoms with E-state index in [1.54, 1.807) is 25.1 Å². The molecule has 1 aliphatic heterocycles. The highest BCUT2D eigenvalue weighted by Gasteiger charge is 2.32. The van der Waals surface area contributed by atoms with Crippen molar-refractivity contribution < 1.29 is 22.9 Å². The van der Waals surface area contributed by atoms with E-state index in [1.165, 1.54) is 28.6 Å². The molecule has 2 aromatic carbocycles. The largest absolute Gasteiger partial charge is 0.494 e. The Kier molecular flexibility index (Phi) is 6.91. The lowest BCUT2D eigenvalue weighted by Gasteiger charge is -2.30. The van der Waals surface area contributed by atoms with Gasteiger partial charge in [0.15, 0.2) is 0 Å². The molecule has 10 heteroatoms. The van der Waals surface area contributed by atoms with Crippen LogP contribution in [0.15, 0.2) is 47.4 Å². The van der Waals surface area contributed by atoms with Gasteiger partial charge < -0.3 is 10.1 Å². The highest BCUT2D eigenvalue weighted by molar-refractivity contribution is 7.89. The summed E-state index contributed by atoms with van der Waals surface area (Å²) in [5.74, 6) is -0.0274. The Bertz CT molecular complexity index is 1060. The molecule has 0 saturated carbocycles. The van der Waals surface area contributed by atoms with Gasteiger partial charge in [0, 0.05) is 31.1 Å². The topological polar surface area (TPSA) is 119 Å². The van der Waals surface area contributed by atoms with Crippen LogP contribution < -0.4 is 10.1 Å². The van der Waals surface area contributed by atoms with Crippen molar-refractivity contribution in [2.75, 3.05) is 25.0 Å². The van der Waals surface area contributed by atoms with Crippen molar-refractivity contribution in [3.63, 3.8) is 0 Å². The fourth-order valence-corrected chi connectivity index (χ4v) is 4.94. The fourth-order valence-electron chi connectivity index (χ4n) is 3.47. The molecule has 1 aliphatic rings. The molecule has 0 atom stereocenters. The van der Waals surface area contributed by atoms with Gasteiger partial charge in [-0.2, -0.15) is 4.31 Å². The highest BCUT2D eigenvalue weighted by Crippen LogP contribution is 2.27. The van der Waals surface area contributed by atoms with Gasteiger partial charge in [-0.05, 0) is 56.5 Å². The predicted molar refractivity (Wildman–Crippen MR) is 116 cm³/mol. The van der Waals surface area contributed by atoms with Crippen LogP contribution >= 0.6 is 0 Å². The number of nitro groups is 1. The molecule has 31 heavy (non-hydrogen) atoms. The Morgan fingerprint density at radius 1 is 1.19 bits per heavy atom. The number of piperidine rings is 1. The molecule has 166 valence electrons. The first kappa shape index (κ1) is 22.7. The standard InChI is InChI=1S/C21H25N3O6S/c1-3-30-18-6-8-19(9-7-18)31(28,29)23-12-10-16(11-13-23)21(25)22-20-14-17(24(26)27)5-4-15(20)2/h4-9,14,16H,3,10-13H2,1-2H3,(H,22,25). The van der Waals surface area contributed by atoms with Crippen LogP contribution in [-0.2, 0) is 14.8 Å². The second-order valence-electron chi connectivity index (χ2n) is 7.33. The van der Waals surface area contributed by atoms with Crippen molar-refractivity contribution in [3.8, 4) is 5.75 Å². The lowest BCUT2D eigenvalue weighted by molar-refractivity contribution is -0.384. The third-order valence-electron chi connectivity index (χ3n) is 5.29. The Balaban J connectivity index is 1.63. The summed E-state index contributed by atoms with van der Waals surface area (Å²) in [6.45, 7) is 4.55. The van der Waals surface area contributed by atoms with Crippen LogP contribution in [0.3, 0.4) is 0 Å². The first-order chi connectivity index (χ1) is 14.7. The van der Waals surface area contributed by atoms with Crippen molar-refractivity contribution in [3.05, 3.63) is 58.1 Å². The Hall–Kier alpha value is -2.98. The molecule has 9 nitrogen and oxygen atoms in total. The van der Waals surface area contributed by atoms with Gasteiger partial charge in [0.25, 0.3) is 5.69 Å². The van der Waals surface area contributed by atoms with Crippen LogP contribution in [0.4, 0.5) is 11.4 Å². The molecule has 0 radical (unpaired) electrons. The molecule has 3 rings (SSSR count). The summed E-state index contributed by atoms with van der Waals surface area (Å²) in [4.78, 5) is 23.3. The Morgan fingerprint density at radius 3 is 2.42 bits per heavy atom. The second-order valence-corrected chi connectivity index (χ2v) is 9.27. The smallest absolute Gasteiger partial charge is 0.271 e. The summed E-state index contributed by atoms with van der Waals surface area (Å²) in [5.41, 5.74) is 1.01. The number of benzene rings is 2. The van der Waals surface area contributed by atoms with E-state index in [0.717, 1.165) is 5.56 Å². The maximum absolute atomic E-state index is 12.9. The number of amides is 1. The summed E-state index contributed by atoms with van der Waals surface area (Å²) < 4.78 is 32.5. The number of nitrogens with one attached hydrogen (secondary N) is 1. The number of carbonyl (C=O) groups excluding carboxylic acids is 1. The van der Waals surface area contributed by atoms with Crippen molar-refractivity contribution >= 4 is 27.3 Å². The number of rotatable bonds is 7. The van der Waals surface area contributed by atoms with E-state index in [4.69, 9.17) is 4.74 Å². The average molecular weight is 448 g/mol. The molecule has 2 aromatic rings. The number of hydrogen-bond donors (Lipinski definition) is 1. The molecular weight excluding hydrogens is 422 g/mol. The average Bonchev–Trinajstić information content (AvgIpc) is 2.76.